The number of sulfonamides is 1. The molecule has 4 rings (SSSR count). The molecule has 0 atom stereocenters. The molecule has 2 aliphatic rings. The number of hydrogen-bond acceptors (Lipinski definition) is 7. The van der Waals surface area contributed by atoms with Crippen LogP contribution in [0.3, 0.4) is 0 Å². The van der Waals surface area contributed by atoms with Gasteiger partial charge in [-0.2, -0.15) is 4.31 Å². The normalized spacial score (nSPS) is 17.0. The molecule has 0 aliphatic carbocycles. The minimum atomic E-state index is -4.08. The van der Waals surface area contributed by atoms with Crippen LogP contribution in [0.4, 0.5) is 5.69 Å². The van der Waals surface area contributed by atoms with Gasteiger partial charge in [0.1, 0.15) is 4.90 Å². The van der Waals surface area contributed by atoms with E-state index < -0.39 is 26.8 Å². The van der Waals surface area contributed by atoms with E-state index in [0.717, 1.165) is 28.4 Å². The lowest BCUT2D eigenvalue weighted by Gasteiger charge is -2.31. The number of rotatable bonds is 6. The van der Waals surface area contributed by atoms with Crippen LogP contribution in [-0.4, -0.2) is 60.7 Å². The zero-order valence-electron chi connectivity index (χ0n) is 18.8. The smallest absolute Gasteiger partial charge is 0.309 e. The van der Waals surface area contributed by atoms with E-state index in [1.54, 1.807) is 4.90 Å². The number of fused-ring (bicyclic) bond motifs is 1. The maximum Gasteiger partial charge on any atom is 0.309 e. The van der Waals surface area contributed by atoms with Crippen LogP contribution >= 0.6 is 11.6 Å². The van der Waals surface area contributed by atoms with Gasteiger partial charge >= 0.3 is 5.97 Å². The van der Waals surface area contributed by atoms with Crippen molar-refractivity contribution in [3.8, 4) is 0 Å². The van der Waals surface area contributed by atoms with Gasteiger partial charge in [0.2, 0.25) is 10.0 Å². The van der Waals surface area contributed by atoms with Crippen LogP contribution in [-0.2, 0) is 37.3 Å². The lowest BCUT2D eigenvalue weighted by Crippen LogP contribution is -2.42. The van der Waals surface area contributed by atoms with Gasteiger partial charge in [0.25, 0.3) is 11.6 Å². The summed E-state index contributed by atoms with van der Waals surface area (Å²) >= 11 is 6.01. The minimum Gasteiger partial charge on any atom is -0.455 e. The molecule has 0 aromatic heterocycles. The van der Waals surface area contributed by atoms with Gasteiger partial charge in [-0.3, -0.25) is 19.7 Å². The summed E-state index contributed by atoms with van der Waals surface area (Å²) in [4.78, 5) is 36.7. The Bertz CT molecular complexity index is 1260. The van der Waals surface area contributed by atoms with Gasteiger partial charge in [0, 0.05) is 38.3 Å². The summed E-state index contributed by atoms with van der Waals surface area (Å²) in [7, 11) is -4.08. The fourth-order valence-electron chi connectivity index (χ4n) is 4.32. The second-order valence-electron chi connectivity index (χ2n) is 8.49. The molecule has 12 heteroatoms. The maximum absolute atomic E-state index is 13.0. The first-order chi connectivity index (χ1) is 16.7. The van der Waals surface area contributed by atoms with Gasteiger partial charge in [-0.25, -0.2) is 8.42 Å². The number of benzene rings is 2. The van der Waals surface area contributed by atoms with Crippen molar-refractivity contribution in [1.82, 2.24) is 9.21 Å². The number of carbonyl (C=O) groups excluding carboxylic acids is 2. The highest BCUT2D eigenvalue weighted by Gasteiger charge is 2.35. The summed E-state index contributed by atoms with van der Waals surface area (Å²) in [6, 6.07) is 11.1. The molecular formula is C23H24ClN3O7S. The van der Waals surface area contributed by atoms with E-state index in [0.29, 0.717) is 13.1 Å². The molecule has 2 aromatic carbocycles. The van der Waals surface area contributed by atoms with Crippen LogP contribution < -0.4 is 0 Å². The summed E-state index contributed by atoms with van der Waals surface area (Å²) in [5, 5.41) is 10.9. The van der Waals surface area contributed by atoms with E-state index in [1.165, 1.54) is 11.6 Å². The summed E-state index contributed by atoms with van der Waals surface area (Å²) < 4.78 is 32.4. The van der Waals surface area contributed by atoms with Crippen LogP contribution in [0.1, 0.15) is 24.0 Å². The van der Waals surface area contributed by atoms with Gasteiger partial charge in [-0.15, -0.1) is 0 Å². The molecule has 0 N–H and O–H groups in total. The first-order valence-electron chi connectivity index (χ1n) is 11.1. The third-order valence-corrected chi connectivity index (χ3v) is 8.73. The zero-order valence-corrected chi connectivity index (χ0v) is 20.3. The Labute approximate surface area is 207 Å². The number of nitrogens with zero attached hydrogens (tertiary/aromatic N) is 3. The van der Waals surface area contributed by atoms with Crippen LogP contribution in [0.2, 0.25) is 5.02 Å². The van der Waals surface area contributed by atoms with Crippen LogP contribution in [0.25, 0.3) is 0 Å². The quantitative estimate of drug-likeness (QED) is 0.325. The second kappa shape index (κ2) is 10.3. The number of halogens is 1. The summed E-state index contributed by atoms with van der Waals surface area (Å²) in [5.74, 6) is -1.36. The molecule has 2 aromatic rings. The van der Waals surface area contributed by atoms with Crippen molar-refractivity contribution in [3.63, 3.8) is 0 Å². The van der Waals surface area contributed by atoms with Crippen LogP contribution in [0.5, 0.6) is 0 Å². The Kier molecular flexibility index (Phi) is 7.39. The Balaban J connectivity index is 1.30. The average molecular weight is 522 g/mol. The fraction of sp³-hybridized carbons (Fsp3) is 0.391. The van der Waals surface area contributed by atoms with Gasteiger partial charge in [0.15, 0.2) is 6.61 Å². The van der Waals surface area contributed by atoms with E-state index in [-0.39, 0.29) is 54.1 Å². The third kappa shape index (κ3) is 5.47. The van der Waals surface area contributed by atoms with Crippen molar-refractivity contribution < 1.29 is 27.7 Å². The second-order valence-corrected chi connectivity index (χ2v) is 10.8. The molecule has 2 heterocycles. The molecule has 186 valence electrons. The number of piperidine rings is 1. The van der Waals surface area contributed by atoms with E-state index >= 15 is 0 Å². The van der Waals surface area contributed by atoms with Crippen molar-refractivity contribution in [2.75, 3.05) is 26.2 Å². The van der Waals surface area contributed by atoms with Gasteiger partial charge < -0.3 is 9.64 Å². The van der Waals surface area contributed by atoms with E-state index in [1.807, 2.05) is 24.3 Å². The molecule has 0 unspecified atom stereocenters. The molecule has 0 spiro atoms. The molecule has 10 nitrogen and oxygen atoms in total. The SMILES string of the molecule is O=C(OCC(=O)N1CCc2ccccc2C1)C1CCN(S(=O)(=O)c2cc([N+](=O)[O-])ccc2Cl)CC1. The highest BCUT2D eigenvalue weighted by molar-refractivity contribution is 7.89. The van der Waals surface area contributed by atoms with Gasteiger partial charge in [0.05, 0.1) is 15.9 Å². The molecule has 1 saturated heterocycles. The molecule has 35 heavy (non-hydrogen) atoms. The highest BCUT2D eigenvalue weighted by Crippen LogP contribution is 2.31. The van der Waals surface area contributed by atoms with Crippen molar-refractivity contribution in [2.45, 2.75) is 30.7 Å². The fourth-order valence-corrected chi connectivity index (χ4v) is 6.29. The molecule has 1 amide bonds. The Morgan fingerprint density at radius 2 is 1.77 bits per heavy atom. The summed E-state index contributed by atoms with van der Waals surface area (Å²) in [6.45, 7) is 0.728. The van der Waals surface area contributed by atoms with Crippen molar-refractivity contribution in [3.05, 3.63) is 68.7 Å². The van der Waals surface area contributed by atoms with Gasteiger partial charge in [-0.05, 0) is 36.5 Å². The molecule has 0 bridgehead atoms. The minimum absolute atomic E-state index is 0.0258. The molecule has 0 saturated carbocycles. The topological polar surface area (TPSA) is 127 Å². The van der Waals surface area contributed by atoms with E-state index in [2.05, 4.69) is 0 Å². The highest BCUT2D eigenvalue weighted by atomic mass is 35.5. The average Bonchev–Trinajstić information content (AvgIpc) is 2.86. The lowest BCUT2D eigenvalue weighted by molar-refractivity contribution is -0.385. The number of carbonyl (C=O) groups is 2. The molecular weight excluding hydrogens is 498 g/mol. The van der Waals surface area contributed by atoms with Crippen molar-refractivity contribution in [2.24, 2.45) is 5.92 Å². The first kappa shape index (κ1) is 25.1. The molecule has 2 aliphatic heterocycles. The number of ether oxygens (including phenoxy) is 1. The monoisotopic (exact) mass is 521 g/mol. The number of non-ortho nitro benzene ring substituents is 1. The zero-order chi connectivity index (χ0) is 25.2. The van der Waals surface area contributed by atoms with Crippen LogP contribution in [0, 0.1) is 16.0 Å². The number of nitro benzene ring substituents is 1. The number of nitro groups is 1. The van der Waals surface area contributed by atoms with Gasteiger partial charge in [-0.1, -0.05) is 35.9 Å². The number of amides is 1. The number of hydrogen-bond donors (Lipinski definition) is 0. The Morgan fingerprint density at radius 3 is 2.46 bits per heavy atom. The Hall–Kier alpha value is -3.02. The predicted molar refractivity (Wildman–Crippen MR) is 126 cm³/mol. The third-order valence-electron chi connectivity index (χ3n) is 6.35. The van der Waals surface area contributed by atoms with E-state index in [4.69, 9.17) is 16.3 Å². The summed E-state index contributed by atoms with van der Waals surface area (Å²) in [5.41, 5.74) is 1.91. The Morgan fingerprint density at radius 1 is 1.09 bits per heavy atom. The predicted octanol–water partition coefficient (Wildman–Crippen LogP) is 2.78. The standard InChI is InChI=1S/C23H24ClN3O7S/c24-20-6-5-19(27(30)31)13-21(20)35(32,33)26-11-8-17(9-12-26)23(29)34-15-22(28)25-10-7-16-3-1-2-4-18(16)14-25/h1-6,13,17H,7-12,14-15H2. The number of esters is 1. The molecule has 1 fully saturated rings. The maximum atomic E-state index is 13.0. The van der Waals surface area contributed by atoms with Crippen molar-refractivity contribution >= 4 is 39.2 Å². The summed E-state index contributed by atoms with van der Waals surface area (Å²) in [6.07, 6.45) is 1.16. The van der Waals surface area contributed by atoms with Crippen molar-refractivity contribution in [1.29, 1.82) is 0 Å². The first-order valence-corrected chi connectivity index (χ1v) is 12.9. The van der Waals surface area contributed by atoms with E-state index in [9.17, 15) is 28.1 Å². The van der Waals surface area contributed by atoms with Crippen LogP contribution in [0.15, 0.2) is 47.4 Å². The lowest BCUT2D eigenvalue weighted by atomic mass is 9.98. The largest absolute Gasteiger partial charge is 0.455 e. The molecule has 0 radical (unpaired) electrons.